The van der Waals surface area contributed by atoms with Gasteiger partial charge in [-0.2, -0.15) is 5.10 Å². The maximum atomic E-state index is 12.7. The molecule has 1 aromatic rings. The first-order chi connectivity index (χ1) is 8.29. The molecule has 1 atom stereocenters. The van der Waals surface area contributed by atoms with E-state index in [2.05, 4.69) is 5.10 Å². The van der Waals surface area contributed by atoms with E-state index in [0.717, 1.165) is 24.9 Å². The number of hydrogen-bond acceptors (Lipinski definition) is 3. The number of methoxy groups -OCH3 is 1. The lowest BCUT2D eigenvalue weighted by atomic mass is 10.2. The van der Waals surface area contributed by atoms with Crippen LogP contribution in [0.4, 0.5) is 4.39 Å². The van der Waals surface area contributed by atoms with Gasteiger partial charge < -0.3 is 4.74 Å². The molecule has 1 fully saturated rings. The van der Waals surface area contributed by atoms with Gasteiger partial charge in [-0.3, -0.25) is 5.01 Å². The summed E-state index contributed by atoms with van der Waals surface area (Å²) in [6.45, 7) is 1.67. The van der Waals surface area contributed by atoms with E-state index >= 15 is 0 Å². The van der Waals surface area contributed by atoms with Crippen LogP contribution in [0.1, 0.15) is 18.4 Å². The zero-order valence-corrected chi connectivity index (χ0v) is 9.97. The average Bonchev–Trinajstić information content (AvgIpc) is 2.77. The third kappa shape index (κ3) is 3.27. The Morgan fingerprint density at radius 3 is 2.94 bits per heavy atom. The highest BCUT2D eigenvalue weighted by Gasteiger charge is 2.22. The quantitative estimate of drug-likeness (QED) is 0.749. The van der Waals surface area contributed by atoms with E-state index in [4.69, 9.17) is 4.74 Å². The molecule has 0 saturated carbocycles. The van der Waals surface area contributed by atoms with Gasteiger partial charge in [-0.15, -0.1) is 0 Å². The molecule has 0 radical (unpaired) electrons. The molecule has 1 heterocycles. The molecule has 1 aliphatic rings. The molecule has 92 valence electrons. The molecule has 0 unspecified atom stereocenters. The molecule has 3 nitrogen and oxygen atoms in total. The van der Waals surface area contributed by atoms with Crippen LogP contribution in [0.2, 0.25) is 0 Å². The summed E-state index contributed by atoms with van der Waals surface area (Å²) in [5.41, 5.74) is 0.912. The molecule has 2 rings (SSSR count). The van der Waals surface area contributed by atoms with Crippen molar-refractivity contribution >= 4 is 6.21 Å². The Kier molecular flexibility index (Phi) is 4.09. The highest BCUT2D eigenvalue weighted by Crippen LogP contribution is 2.17. The van der Waals surface area contributed by atoms with E-state index in [-0.39, 0.29) is 5.82 Å². The van der Waals surface area contributed by atoms with Gasteiger partial charge in [0, 0.05) is 13.7 Å². The third-order valence-corrected chi connectivity index (χ3v) is 2.93. The Hall–Kier alpha value is -1.42. The Labute approximate surface area is 101 Å². The van der Waals surface area contributed by atoms with Gasteiger partial charge in [0.1, 0.15) is 5.82 Å². The zero-order valence-electron chi connectivity index (χ0n) is 9.97. The monoisotopic (exact) mass is 236 g/mol. The van der Waals surface area contributed by atoms with E-state index < -0.39 is 0 Å². The predicted octanol–water partition coefficient (Wildman–Crippen LogP) is 2.27. The summed E-state index contributed by atoms with van der Waals surface area (Å²) in [7, 11) is 1.71. The maximum absolute atomic E-state index is 12.7. The van der Waals surface area contributed by atoms with Gasteiger partial charge >= 0.3 is 0 Å². The maximum Gasteiger partial charge on any atom is 0.123 e. The van der Waals surface area contributed by atoms with Crippen molar-refractivity contribution < 1.29 is 9.13 Å². The van der Waals surface area contributed by atoms with E-state index in [1.807, 2.05) is 5.01 Å². The van der Waals surface area contributed by atoms with Crippen LogP contribution in [0, 0.1) is 5.82 Å². The molecule has 1 aromatic carbocycles. The van der Waals surface area contributed by atoms with Crippen molar-refractivity contribution in [2.24, 2.45) is 5.10 Å². The van der Waals surface area contributed by atoms with Crippen LogP contribution in [0.5, 0.6) is 0 Å². The molecule has 0 spiro atoms. The number of ether oxygens (including phenoxy) is 1. The van der Waals surface area contributed by atoms with Gasteiger partial charge in [0.25, 0.3) is 0 Å². The van der Waals surface area contributed by atoms with E-state index in [1.165, 1.54) is 12.1 Å². The largest absolute Gasteiger partial charge is 0.382 e. The lowest BCUT2D eigenvalue weighted by Gasteiger charge is -2.20. The van der Waals surface area contributed by atoms with Crippen LogP contribution >= 0.6 is 0 Å². The molecule has 0 aliphatic carbocycles. The number of hydrazone groups is 1. The average molecular weight is 236 g/mol. The van der Waals surface area contributed by atoms with E-state index in [1.54, 1.807) is 25.5 Å². The topological polar surface area (TPSA) is 24.8 Å². The van der Waals surface area contributed by atoms with Gasteiger partial charge in [-0.1, -0.05) is 12.1 Å². The third-order valence-electron chi connectivity index (χ3n) is 2.93. The summed E-state index contributed by atoms with van der Waals surface area (Å²) in [5.74, 6) is -0.222. The van der Waals surface area contributed by atoms with Gasteiger partial charge in [-0.05, 0) is 30.5 Å². The fourth-order valence-corrected chi connectivity index (χ4v) is 2.02. The Bertz CT molecular complexity index is 378. The molecule has 0 N–H and O–H groups in total. The van der Waals surface area contributed by atoms with Crippen LogP contribution in [-0.2, 0) is 4.74 Å². The zero-order chi connectivity index (χ0) is 12.1. The lowest BCUT2D eigenvalue weighted by molar-refractivity contribution is 0.118. The van der Waals surface area contributed by atoms with Crippen molar-refractivity contribution in [2.45, 2.75) is 18.9 Å². The van der Waals surface area contributed by atoms with Gasteiger partial charge in [0.2, 0.25) is 0 Å². The van der Waals surface area contributed by atoms with Crippen molar-refractivity contribution in [1.82, 2.24) is 5.01 Å². The van der Waals surface area contributed by atoms with Crippen LogP contribution in [-0.4, -0.2) is 37.5 Å². The first kappa shape index (κ1) is 12.0. The molecule has 4 heteroatoms. The van der Waals surface area contributed by atoms with Crippen LogP contribution in [0.3, 0.4) is 0 Å². The molecule has 0 aromatic heterocycles. The van der Waals surface area contributed by atoms with Crippen molar-refractivity contribution in [2.75, 3.05) is 20.3 Å². The number of halogens is 1. The number of benzene rings is 1. The fraction of sp³-hybridized carbons (Fsp3) is 0.462. The summed E-state index contributed by atoms with van der Waals surface area (Å²) in [4.78, 5) is 0. The van der Waals surface area contributed by atoms with Gasteiger partial charge in [0.15, 0.2) is 0 Å². The molecule has 17 heavy (non-hydrogen) atoms. The minimum absolute atomic E-state index is 0.222. The second-order valence-corrected chi connectivity index (χ2v) is 4.21. The first-order valence-electron chi connectivity index (χ1n) is 5.85. The molecular formula is C13H17FN2O. The molecule has 1 saturated heterocycles. The van der Waals surface area contributed by atoms with E-state index in [0.29, 0.717) is 12.6 Å². The van der Waals surface area contributed by atoms with Crippen molar-refractivity contribution in [3.63, 3.8) is 0 Å². The molecule has 1 aliphatic heterocycles. The summed E-state index contributed by atoms with van der Waals surface area (Å²) < 4.78 is 17.9. The Morgan fingerprint density at radius 2 is 2.24 bits per heavy atom. The normalized spacial score (nSPS) is 20.4. The highest BCUT2D eigenvalue weighted by atomic mass is 19.1. The summed E-state index contributed by atoms with van der Waals surface area (Å²) in [5, 5.41) is 6.48. The van der Waals surface area contributed by atoms with Gasteiger partial charge in [0.05, 0.1) is 18.9 Å². The number of rotatable bonds is 4. The summed E-state index contributed by atoms with van der Waals surface area (Å²) in [6.07, 6.45) is 4.04. The summed E-state index contributed by atoms with van der Waals surface area (Å²) in [6, 6.07) is 6.70. The van der Waals surface area contributed by atoms with Crippen molar-refractivity contribution in [1.29, 1.82) is 0 Å². The second-order valence-electron chi connectivity index (χ2n) is 4.21. The highest BCUT2D eigenvalue weighted by molar-refractivity contribution is 5.79. The summed E-state index contributed by atoms with van der Waals surface area (Å²) >= 11 is 0. The first-order valence-corrected chi connectivity index (χ1v) is 5.85. The van der Waals surface area contributed by atoms with Crippen molar-refractivity contribution in [3.8, 4) is 0 Å². The van der Waals surface area contributed by atoms with Crippen LogP contribution in [0.25, 0.3) is 0 Å². The minimum Gasteiger partial charge on any atom is -0.382 e. The van der Waals surface area contributed by atoms with Crippen LogP contribution < -0.4 is 0 Å². The minimum atomic E-state index is -0.222. The molecular weight excluding hydrogens is 219 g/mol. The lowest BCUT2D eigenvalue weighted by Crippen LogP contribution is -2.28. The van der Waals surface area contributed by atoms with Crippen molar-refractivity contribution in [3.05, 3.63) is 35.6 Å². The molecule has 0 bridgehead atoms. The van der Waals surface area contributed by atoms with Crippen LogP contribution in [0.15, 0.2) is 29.4 Å². The fourth-order valence-electron chi connectivity index (χ4n) is 2.02. The standard InChI is InChI=1S/C13H17FN2O/c1-17-10-13-3-2-8-16(13)15-9-11-4-6-12(14)7-5-11/h4-7,9,13H,2-3,8,10H2,1H3/b15-9+/t13-/m0/s1. The SMILES string of the molecule is COC[C@@H]1CCCN1/N=C/c1ccc(F)cc1. The van der Waals surface area contributed by atoms with Gasteiger partial charge in [-0.25, -0.2) is 4.39 Å². The number of nitrogens with zero attached hydrogens (tertiary/aromatic N) is 2. The number of hydrogen-bond donors (Lipinski definition) is 0. The Balaban J connectivity index is 1.97. The Morgan fingerprint density at radius 1 is 1.47 bits per heavy atom. The second kappa shape index (κ2) is 5.77. The predicted molar refractivity (Wildman–Crippen MR) is 65.6 cm³/mol. The molecule has 0 amide bonds. The van der Waals surface area contributed by atoms with E-state index in [9.17, 15) is 4.39 Å². The smallest absolute Gasteiger partial charge is 0.123 e.